The molecule has 1 amide bonds. The van der Waals surface area contributed by atoms with Crippen LogP contribution in [0.3, 0.4) is 0 Å². The standard InChI is InChI=1S/C19H18F4N4O3/c20-13-4-2-1-3-12(13)17(29)27-14(19(21,22)23)5-6-26-16(28)11-15(24-18(26)27)25-7-9-30-10-8-25/h1-4,11,14H,5-10H2. The van der Waals surface area contributed by atoms with Gasteiger partial charge in [-0.05, 0) is 18.6 Å². The number of hydrogen-bond donors (Lipinski definition) is 0. The van der Waals surface area contributed by atoms with Crippen LogP contribution in [0.4, 0.5) is 29.3 Å². The number of morpholine rings is 1. The number of hydrogen-bond acceptors (Lipinski definition) is 5. The third kappa shape index (κ3) is 3.64. The normalized spacial score (nSPS) is 19.5. The van der Waals surface area contributed by atoms with Crippen LogP contribution in [0.15, 0.2) is 35.1 Å². The Morgan fingerprint density at radius 1 is 1.13 bits per heavy atom. The molecule has 1 saturated heterocycles. The molecule has 7 nitrogen and oxygen atoms in total. The number of benzene rings is 1. The van der Waals surface area contributed by atoms with Crippen molar-refractivity contribution in [3.05, 3.63) is 52.1 Å². The van der Waals surface area contributed by atoms with Crippen LogP contribution in [0.5, 0.6) is 0 Å². The lowest BCUT2D eigenvalue weighted by Gasteiger charge is -2.38. The topological polar surface area (TPSA) is 67.7 Å². The van der Waals surface area contributed by atoms with Gasteiger partial charge in [0.25, 0.3) is 11.5 Å². The highest BCUT2D eigenvalue weighted by atomic mass is 19.4. The molecule has 2 aliphatic rings. The number of alkyl halides is 3. The highest BCUT2D eigenvalue weighted by molar-refractivity contribution is 6.06. The molecule has 11 heteroatoms. The summed E-state index contributed by atoms with van der Waals surface area (Å²) in [6.07, 6.45) is -5.31. The molecule has 1 atom stereocenters. The summed E-state index contributed by atoms with van der Waals surface area (Å²) in [6, 6.07) is 3.79. The molecule has 0 bridgehead atoms. The molecule has 2 aliphatic heterocycles. The van der Waals surface area contributed by atoms with Crippen LogP contribution in [-0.4, -0.2) is 54.0 Å². The second-order valence-electron chi connectivity index (χ2n) is 7.00. The van der Waals surface area contributed by atoms with E-state index in [1.165, 1.54) is 18.2 Å². The number of nitrogens with zero attached hydrogens (tertiary/aromatic N) is 4. The Kier molecular flexibility index (Phi) is 5.22. The molecule has 30 heavy (non-hydrogen) atoms. The number of aromatic nitrogens is 2. The molecule has 160 valence electrons. The lowest BCUT2D eigenvalue weighted by atomic mass is 10.1. The quantitative estimate of drug-likeness (QED) is 0.689. The van der Waals surface area contributed by atoms with E-state index in [2.05, 4.69) is 4.98 Å². The van der Waals surface area contributed by atoms with E-state index in [9.17, 15) is 27.2 Å². The number of carbonyl (C=O) groups excluding carboxylic acids is 1. The summed E-state index contributed by atoms with van der Waals surface area (Å²) in [6.45, 7) is 1.31. The van der Waals surface area contributed by atoms with E-state index < -0.39 is 47.4 Å². The number of halogens is 4. The van der Waals surface area contributed by atoms with Gasteiger partial charge >= 0.3 is 6.18 Å². The summed E-state index contributed by atoms with van der Waals surface area (Å²) in [7, 11) is 0. The van der Waals surface area contributed by atoms with Crippen LogP contribution in [0.1, 0.15) is 16.8 Å². The van der Waals surface area contributed by atoms with Gasteiger partial charge in [0, 0.05) is 25.7 Å². The largest absolute Gasteiger partial charge is 0.409 e. The van der Waals surface area contributed by atoms with Gasteiger partial charge in [0.15, 0.2) is 0 Å². The molecule has 1 fully saturated rings. The van der Waals surface area contributed by atoms with Crippen molar-refractivity contribution < 1.29 is 27.1 Å². The predicted octanol–water partition coefficient (Wildman–Crippen LogP) is 2.20. The molecular formula is C19H18F4N4O3. The molecule has 2 aromatic rings. The van der Waals surface area contributed by atoms with Crippen molar-refractivity contribution >= 4 is 17.7 Å². The summed E-state index contributed by atoms with van der Waals surface area (Å²) in [5.74, 6) is -2.43. The average molecular weight is 426 g/mol. The van der Waals surface area contributed by atoms with Crippen LogP contribution < -0.4 is 15.4 Å². The zero-order valence-corrected chi connectivity index (χ0v) is 15.7. The lowest BCUT2D eigenvalue weighted by Crippen LogP contribution is -2.55. The second kappa shape index (κ2) is 7.71. The predicted molar refractivity (Wildman–Crippen MR) is 99.2 cm³/mol. The van der Waals surface area contributed by atoms with E-state index in [4.69, 9.17) is 4.74 Å². The maximum absolute atomic E-state index is 14.2. The summed E-state index contributed by atoms with van der Waals surface area (Å²) >= 11 is 0. The molecular weight excluding hydrogens is 408 g/mol. The van der Waals surface area contributed by atoms with Crippen LogP contribution in [0.25, 0.3) is 0 Å². The highest BCUT2D eigenvalue weighted by Gasteiger charge is 2.49. The minimum absolute atomic E-state index is 0.156. The second-order valence-corrected chi connectivity index (χ2v) is 7.00. The number of carbonyl (C=O) groups is 1. The van der Waals surface area contributed by atoms with Gasteiger partial charge in [0.1, 0.15) is 17.7 Å². The summed E-state index contributed by atoms with van der Waals surface area (Å²) in [4.78, 5) is 32.0. The maximum Gasteiger partial charge on any atom is 0.409 e. The monoisotopic (exact) mass is 426 g/mol. The van der Waals surface area contributed by atoms with Crippen LogP contribution in [0, 0.1) is 5.82 Å². The fraction of sp³-hybridized carbons (Fsp3) is 0.421. The Morgan fingerprint density at radius 2 is 1.83 bits per heavy atom. The Bertz CT molecular complexity index is 1020. The highest BCUT2D eigenvalue weighted by Crippen LogP contribution is 2.35. The van der Waals surface area contributed by atoms with Crippen LogP contribution >= 0.6 is 0 Å². The molecule has 0 radical (unpaired) electrons. The first-order chi connectivity index (χ1) is 14.3. The van der Waals surface area contributed by atoms with E-state index >= 15 is 0 Å². The van der Waals surface area contributed by atoms with Crippen molar-refractivity contribution in [3.63, 3.8) is 0 Å². The van der Waals surface area contributed by atoms with Gasteiger partial charge < -0.3 is 9.64 Å². The van der Waals surface area contributed by atoms with E-state index in [1.54, 1.807) is 4.90 Å². The first kappa shape index (κ1) is 20.3. The first-order valence-electron chi connectivity index (χ1n) is 9.37. The molecule has 4 rings (SSSR count). The van der Waals surface area contributed by atoms with Gasteiger partial charge in [-0.25, -0.2) is 4.39 Å². The van der Waals surface area contributed by atoms with Crippen molar-refractivity contribution in [2.45, 2.75) is 25.2 Å². The summed E-state index contributed by atoms with van der Waals surface area (Å²) in [5, 5.41) is 0. The van der Waals surface area contributed by atoms with Gasteiger partial charge in [0.2, 0.25) is 5.95 Å². The number of anilines is 2. The molecule has 1 aromatic heterocycles. The smallest absolute Gasteiger partial charge is 0.378 e. The Morgan fingerprint density at radius 3 is 2.50 bits per heavy atom. The van der Waals surface area contributed by atoms with Gasteiger partial charge in [0.05, 0.1) is 18.8 Å². The molecule has 1 aromatic carbocycles. The number of amides is 1. The molecule has 0 saturated carbocycles. The fourth-order valence-corrected chi connectivity index (χ4v) is 3.66. The van der Waals surface area contributed by atoms with Crippen molar-refractivity contribution in [3.8, 4) is 0 Å². The average Bonchev–Trinajstić information content (AvgIpc) is 2.72. The molecule has 0 N–H and O–H groups in total. The maximum atomic E-state index is 14.2. The molecule has 0 spiro atoms. The van der Waals surface area contributed by atoms with E-state index in [0.717, 1.165) is 16.7 Å². The van der Waals surface area contributed by atoms with Crippen molar-refractivity contribution in [1.29, 1.82) is 0 Å². The van der Waals surface area contributed by atoms with Crippen molar-refractivity contribution in [2.75, 3.05) is 36.1 Å². The number of fused-ring (bicyclic) bond motifs is 1. The van der Waals surface area contributed by atoms with Gasteiger partial charge in [-0.2, -0.15) is 18.2 Å². The zero-order valence-electron chi connectivity index (χ0n) is 15.7. The van der Waals surface area contributed by atoms with Crippen LogP contribution in [0.2, 0.25) is 0 Å². The van der Waals surface area contributed by atoms with E-state index in [0.29, 0.717) is 31.2 Å². The van der Waals surface area contributed by atoms with Gasteiger partial charge in [-0.3, -0.25) is 19.1 Å². The van der Waals surface area contributed by atoms with E-state index in [1.807, 2.05) is 0 Å². The molecule has 3 heterocycles. The summed E-state index contributed by atoms with van der Waals surface area (Å²) in [5.41, 5.74) is -1.10. The molecule has 1 unspecified atom stereocenters. The van der Waals surface area contributed by atoms with Gasteiger partial charge in [-0.15, -0.1) is 0 Å². The summed E-state index contributed by atoms with van der Waals surface area (Å²) < 4.78 is 61.8. The first-order valence-corrected chi connectivity index (χ1v) is 9.37. The van der Waals surface area contributed by atoms with Crippen LogP contribution in [-0.2, 0) is 11.3 Å². The third-order valence-corrected chi connectivity index (χ3v) is 5.16. The van der Waals surface area contributed by atoms with Crippen molar-refractivity contribution in [1.82, 2.24) is 9.55 Å². The Hall–Kier alpha value is -2.95. The van der Waals surface area contributed by atoms with Crippen molar-refractivity contribution in [2.24, 2.45) is 0 Å². The van der Waals surface area contributed by atoms with Gasteiger partial charge in [-0.1, -0.05) is 12.1 Å². The molecule has 0 aliphatic carbocycles. The minimum atomic E-state index is -4.78. The Labute approximate surface area is 168 Å². The zero-order chi connectivity index (χ0) is 21.5. The Balaban J connectivity index is 1.85. The minimum Gasteiger partial charge on any atom is -0.378 e. The third-order valence-electron chi connectivity index (χ3n) is 5.16. The lowest BCUT2D eigenvalue weighted by molar-refractivity contribution is -0.151. The fourth-order valence-electron chi connectivity index (χ4n) is 3.66. The number of rotatable bonds is 2. The SMILES string of the molecule is O=C(c1ccccc1F)N1c2nc(N3CCOCC3)cc(=O)n2CCC1C(F)(F)F. The van der Waals surface area contributed by atoms with E-state index in [-0.39, 0.29) is 12.4 Å². The number of ether oxygens (including phenoxy) is 1.